The first-order chi connectivity index (χ1) is 10.1. The first kappa shape index (κ1) is 14.8. The molecule has 2 bridgehead atoms. The second-order valence-corrected chi connectivity index (χ2v) is 6.93. The molecule has 2 aliphatic carbocycles. The summed E-state index contributed by atoms with van der Waals surface area (Å²) in [5.41, 5.74) is 2.29. The van der Waals surface area contributed by atoms with Gasteiger partial charge in [-0.05, 0) is 38.1 Å². The molecule has 121 valence electrons. The van der Waals surface area contributed by atoms with Gasteiger partial charge in [0.25, 0.3) is 0 Å². The molecule has 1 saturated heterocycles. The van der Waals surface area contributed by atoms with Crippen molar-refractivity contribution in [3.63, 3.8) is 0 Å². The van der Waals surface area contributed by atoms with Gasteiger partial charge < -0.3 is 19.8 Å². The number of hydrogen-bond acceptors (Lipinski definition) is 4. The average molecular weight is 482 g/mol. The number of rotatable bonds is 0. The number of aromatic hydroxyl groups is 1. The number of aliphatic hydroxyl groups is 1. The van der Waals surface area contributed by atoms with E-state index in [4.69, 9.17) is 4.74 Å². The SMILES string of the molecule is CN1CC[C@]23c4c5ccc(O)c4O[C@H]2[C@@H](O)C=C[C@H]3[C@H]1C5.[Au]. The van der Waals surface area contributed by atoms with Crippen LogP contribution in [0.3, 0.4) is 0 Å². The molecule has 2 aliphatic heterocycles. The summed E-state index contributed by atoms with van der Waals surface area (Å²) in [6.07, 6.45) is 5.18. The number of likely N-dealkylation sites (tertiary alicyclic amines) is 1. The number of piperidine rings is 1. The number of benzene rings is 1. The Bertz CT molecular complexity index is 676. The van der Waals surface area contributed by atoms with Gasteiger partial charge in [-0.2, -0.15) is 0 Å². The molecule has 0 unspecified atom stereocenters. The Morgan fingerprint density at radius 1 is 1.32 bits per heavy atom. The monoisotopic (exact) mass is 482 g/mol. The van der Waals surface area contributed by atoms with Gasteiger partial charge in [-0.15, -0.1) is 0 Å². The third kappa shape index (κ3) is 1.50. The van der Waals surface area contributed by atoms with Crippen LogP contribution >= 0.6 is 0 Å². The molecule has 5 atom stereocenters. The Morgan fingerprint density at radius 3 is 2.95 bits per heavy atom. The van der Waals surface area contributed by atoms with Crippen LogP contribution in [0, 0.1) is 5.92 Å². The fourth-order valence-electron chi connectivity index (χ4n) is 5.24. The third-order valence-electron chi connectivity index (χ3n) is 6.15. The summed E-state index contributed by atoms with van der Waals surface area (Å²) in [5.74, 6) is 1.19. The van der Waals surface area contributed by atoms with E-state index >= 15 is 0 Å². The van der Waals surface area contributed by atoms with E-state index in [0.29, 0.717) is 17.7 Å². The standard InChI is InChI=1S/C17H19NO3.Au/c1-18-7-6-17-10-3-5-13(20)16(17)21-15-12(19)4-2-9(14(15)17)8-11(10)18;/h2-5,10-11,13,16,19-20H,6-8H2,1H3;/t10-,11+,13-,16-,17-;/m0./s1. The summed E-state index contributed by atoms with van der Waals surface area (Å²) in [6, 6.07) is 4.23. The van der Waals surface area contributed by atoms with Gasteiger partial charge >= 0.3 is 0 Å². The number of phenolic OH excluding ortho intramolecular Hbond substituents is 1. The van der Waals surface area contributed by atoms with Gasteiger partial charge in [-0.3, -0.25) is 0 Å². The molecule has 2 N–H and O–H groups in total. The number of hydrogen-bond donors (Lipinski definition) is 2. The predicted molar refractivity (Wildman–Crippen MR) is 77.6 cm³/mol. The molecule has 5 heteroatoms. The maximum atomic E-state index is 10.4. The second kappa shape index (κ2) is 4.62. The topological polar surface area (TPSA) is 52.9 Å². The van der Waals surface area contributed by atoms with Crippen LogP contribution < -0.4 is 4.74 Å². The van der Waals surface area contributed by atoms with E-state index in [0.717, 1.165) is 19.4 Å². The van der Waals surface area contributed by atoms with Crippen LogP contribution in [0.4, 0.5) is 0 Å². The molecule has 1 aromatic rings. The number of nitrogens with zero attached hydrogens (tertiary/aromatic N) is 1. The number of likely N-dealkylation sites (N-methyl/N-ethyl adjacent to an activating group) is 1. The largest absolute Gasteiger partial charge is 0.504 e. The minimum atomic E-state index is -0.594. The molecular formula is C17H19AuNO3. The summed E-state index contributed by atoms with van der Waals surface area (Å²) < 4.78 is 6.09. The van der Waals surface area contributed by atoms with Crippen LogP contribution in [0.25, 0.3) is 0 Å². The molecule has 1 fully saturated rings. The fourth-order valence-corrected chi connectivity index (χ4v) is 5.24. The Kier molecular flexibility index (Phi) is 3.10. The normalized spacial score (nSPS) is 40.6. The molecule has 4 nitrogen and oxygen atoms in total. The molecule has 0 amide bonds. The van der Waals surface area contributed by atoms with Gasteiger partial charge in [0.1, 0.15) is 12.2 Å². The maximum Gasteiger partial charge on any atom is 0.165 e. The molecule has 4 aliphatic rings. The van der Waals surface area contributed by atoms with E-state index in [9.17, 15) is 10.2 Å². The van der Waals surface area contributed by atoms with Crippen LogP contribution in [0.1, 0.15) is 17.5 Å². The summed E-state index contributed by atoms with van der Waals surface area (Å²) in [5, 5.41) is 20.6. The Labute approximate surface area is 145 Å². The predicted octanol–water partition coefficient (Wildman–Crippen LogP) is 1.20. The number of aliphatic hydroxyl groups excluding tert-OH is 1. The number of phenols is 1. The van der Waals surface area contributed by atoms with E-state index in [1.807, 2.05) is 12.1 Å². The summed E-state index contributed by atoms with van der Waals surface area (Å²) in [6.45, 7) is 1.01. The van der Waals surface area contributed by atoms with Crippen molar-refractivity contribution >= 4 is 0 Å². The van der Waals surface area contributed by atoms with Crippen molar-refractivity contribution in [3.8, 4) is 11.5 Å². The average Bonchev–Trinajstić information content (AvgIpc) is 2.83. The van der Waals surface area contributed by atoms with Gasteiger partial charge in [0.05, 0.1) is 0 Å². The Hall–Kier alpha value is -0.780. The molecule has 5 rings (SSSR count). The Balaban J connectivity index is 0.00000125. The van der Waals surface area contributed by atoms with Crippen molar-refractivity contribution in [2.24, 2.45) is 5.92 Å². The molecule has 0 saturated carbocycles. The van der Waals surface area contributed by atoms with Crippen molar-refractivity contribution in [2.75, 3.05) is 13.6 Å². The second-order valence-electron chi connectivity index (χ2n) is 6.93. The van der Waals surface area contributed by atoms with Crippen LogP contribution in [0.15, 0.2) is 24.3 Å². The number of ether oxygens (including phenoxy) is 1. The van der Waals surface area contributed by atoms with Gasteiger partial charge in [0.2, 0.25) is 0 Å². The molecule has 2 heterocycles. The zero-order valence-electron chi connectivity index (χ0n) is 12.3. The van der Waals surface area contributed by atoms with Crippen LogP contribution in [0.5, 0.6) is 11.5 Å². The minimum absolute atomic E-state index is 0. The molecule has 1 aromatic carbocycles. The van der Waals surface area contributed by atoms with Gasteiger partial charge in [0.15, 0.2) is 11.5 Å². The molecule has 1 spiro atoms. The van der Waals surface area contributed by atoms with E-state index in [1.165, 1.54) is 11.1 Å². The first-order valence-corrected chi connectivity index (χ1v) is 7.71. The minimum Gasteiger partial charge on any atom is -0.504 e. The van der Waals surface area contributed by atoms with E-state index in [1.54, 1.807) is 6.07 Å². The smallest absolute Gasteiger partial charge is 0.165 e. The third-order valence-corrected chi connectivity index (χ3v) is 6.15. The van der Waals surface area contributed by atoms with Crippen LogP contribution in [-0.2, 0) is 34.2 Å². The fraction of sp³-hybridized carbons (Fsp3) is 0.529. The molecular weight excluding hydrogens is 463 g/mol. The van der Waals surface area contributed by atoms with Gasteiger partial charge in [0, 0.05) is 45.3 Å². The summed E-state index contributed by atoms with van der Waals surface area (Å²) in [4.78, 5) is 2.43. The van der Waals surface area contributed by atoms with Crippen molar-refractivity contribution in [2.45, 2.75) is 36.5 Å². The van der Waals surface area contributed by atoms with Gasteiger partial charge in [-0.1, -0.05) is 18.2 Å². The van der Waals surface area contributed by atoms with Crippen LogP contribution in [0.2, 0.25) is 0 Å². The van der Waals surface area contributed by atoms with Crippen LogP contribution in [-0.4, -0.2) is 47.0 Å². The van der Waals surface area contributed by atoms with E-state index in [-0.39, 0.29) is 39.6 Å². The zero-order chi connectivity index (χ0) is 14.4. The van der Waals surface area contributed by atoms with Gasteiger partial charge in [-0.25, -0.2) is 0 Å². The quantitative estimate of drug-likeness (QED) is 0.431. The summed E-state index contributed by atoms with van der Waals surface area (Å²) >= 11 is 0. The molecule has 22 heavy (non-hydrogen) atoms. The van der Waals surface area contributed by atoms with Crippen molar-refractivity contribution in [1.29, 1.82) is 0 Å². The summed E-state index contributed by atoms with van der Waals surface area (Å²) in [7, 11) is 2.19. The van der Waals surface area contributed by atoms with E-state index < -0.39 is 6.10 Å². The molecule has 1 radical (unpaired) electrons. The zero-order valence-corrected chi connectivity index (χ0v) is 14.5. The maximum absolute atomic E-state index is 10.4. The first-order valence-electron chi connectivity index (χ1n) is 7.71. The Morgan fingerprint density at radius 2 is 2.14 bits per heavy atom. The van der Waals surface area contributed by atoms with Crippen molar-refractivity contribution in [1.82, 2.24) is 4.90 Å². The van der Waals surface area contributed by atoms with Crippen molar-refractivity contribution in [3.05, 3.63) is 35.4 Å². The molecule has 0 aromatic heterocycles. The van der Waals surface area contributed by atoms with E-state index in [2.05, 4.69) is 18.0 Å². The van der Waals surface area contributed by atoms with Crippen molar-refractivity contribution < 1.29 is 37.3 Å².